The molecule has 0 aliphatic carbocycles. The van der Waals surface area contributed by atoms with E-state index < -0.39 is 0 Å². The van der Waals surface area contributed by atoms with Gasteiger partial charge in [-0.05, 0) is 32.8 Å². The third-order valence-corrected chi connectivity index (χ3v) is 3.31. The van der Waals surface area contributed by atoms with Crippen LogP contribution in [0.3, 0.4) is 0 Å². The fourth-order valence-electron chi connectivity index (χ4n) is 2.14. The van der Waals surface area contributed by atoms with Crippen molar-refractivity contribution >= 4 is 12.1 Å². The second-order valence-corrected chi connectivity index (χ2v) is 5.60. The molecule has 0 saturated heterocycles. The van der Waals surface area contributed by atoms with Crippen molar-refractivity contribution < 1.29 is 9.53 Å². The van der Waals surface area contributed by atoms with Crippen molar-refractivity contribution in [1.82, 2.24) is 4.90 Å². The van der Waals surface area contributed by atoms with E-state index in [4.69, 9.17) is 4.74 Å². The van der Waals surface area contributed by atoms with Gasteiger partial charge in [0.2, 0.25) is 11.8 Å². The van der Waals surface area contributed by atoms with Crippen LogP contribution in [0.15, 0.2) is 17.0 Å². The minimum absolute atomic E-state index is 0.0396. The van der Waals surface area contributed by atoms with Gasteiger partial charge < -0.3 is 9.64 Å². The van der Waals surface area contributed by atoms with Crippen LogP contribution in [0.5, 0.6) is 0 Å². The summed E-state index contributed by atoms with van der Waals surface area (Å²) in [6, 6.07) is 0.224. The maximum absolute atomic E-state index is 12.2. The number of hydrogen-bond acceptors (Lipinski definition) is 3. The molecule has 1 amide bonds. The lowest BCUT2D eigenvalue weighted by atomic mass is 10.0. The van der Waals surface area contributed by atoms with E-state index in [1.165, 1.54) is 0 Å². The molecule has 0 fully saturated rings. The molecule has 0 aromatic carbocycles. The fraction of sp³-hybridized carbons (Fsp3) is 0.765. The zero-order chi connectivity index (χ0) is 16.4. The van der Waals surface area contributed by atoms with E-state index in [0.717, 1.165) is 19.4 Å². The van der Waals surface area contributed by atoms with Crippen LogP contribution >= 0.6 is 0 Å². The Bertz CT molecular complexity index is 360. The summed E-state index contributed by atoms with van der Waals surface area (Å²) in [6.45, 7) is 12.8. The predicted molar refractivity (Wildman–Crippen MR) is 89.3 cm³/mol. The van der Waals surface area contributed by atoms with Gasteiger partial charge in [0.05, 0.1) is 7.11 Å². The second-order valence-electron chi connectivity index (χ2n) is 5.60. The number of ether oxygens (including phenoxy) is 1. The Morgan fingerprint density at radius 3 is 2.48 bits per heavy atom. The Morgan fingerprint density at radius 2 is 2.00 bits per heavy atom. The zero-order valence-corrected chi connectivity index (χ0v) is 14.7. The third kappa shape index (κ3) is 6.78. The van der Waals surface area contributed by atoms with Crippen LogP contribution in [-0.4, -0.2) is 36.7 Å². The third-order valence-electron chi connectivity index (χ3n) is 3.31. The first-order valence-electron chi connectivity index (χ1n) is 8.04. The molecule has 1 heterocycles. The largest absolute Gasteiger partial charge is 0.481 e. The van der Waals surface area contributed by atoms with E-state index in [2.05, 4.69) is 18.8 Å². The molecule has 1 atom stereocenters. The molecule has 0 aromatic rings. The van der Waals surface area contributed by atoms with E-state index in [9.17, 15) is 4.79 Å². The molecule has 1 rings (SSSR count). The van der Waals surface area contributed by atoms with Gasteiger partial charge in [0.1, 0.15) is 0 Å². The predicted octanol–water partition coefficient (Wildman–Crippen LogP) is 3.87. The Morgan fingerprint density at radius 1 is 1.38 bits per heavy atom. The molecule has 1 aliphatic heterocycles. The standard InChI is InChI=1S/C15H26N2O2.C2H6/c1-11(2)15(18)17(12(3)4)10-13-7-6-8-14(19-5)16-9-13;1-2/h8-9,11-13H,6-7,10H2,1-5H3;1-2H3. The smallest absolute Gasteiger partial charge is 0.225 e. The summed E-state index contributed by atoms with van der Waals surface area (Å²) in [5.41, 5.74) is 0. The van der Waals surface area contributed by atoms with Crippen LogP contribution in [0.25, 0.3) is 0 Å². The van der Waals surface area contributed by atoms with Crippen molar-refractivity contribution in [3.8, 4) is 0 Å². The summed E-state index contributed by atoms with van der Waals surface area (Å²) in [6.07, 6.45) is 5.87. The highest BCUT2D eigenvalue weighted by Crippen LogP contribution is 2.17. The molecule has 21 heavy (non-hydrogen) atoms. The molecule has 0 radical (unpaired) electrons. The van der Waals surface area contributed by atoms with E-state index >= 15 is 0 Å². The van der Waals surface area contributed by atoms with Crippen LogP contribution in [0, 0.1) is 11.8 Å². The number of allylic oxidation sites excluding steroid dienone is 1. The molecule has 1 aliphatic rings. The van der Waals surface area contributed by atoms with Gasteiger partial charge in [-0.15, -0.1) is 0 Å². The van der Waals surface area contributed by atoms with Crippen molar-refractivity contribution in [2.24, 2.45) is 16.8 Å². The SMILES string of the molecule is CC.COC1=CCCC(CN(C(=O)C(C)C)C(C)C)C=N1. The summed E-state index contributed by atoms with van der Waals surface area (Å²) >= 11 is 0. The first-order chi connectivity index (χ1) is 9.95. The average molecular weight is 296 g/mol. The topological polar surface area (TPSA) is 41.9 Å². The Labute approximate surface area is 130 Å². The van der Waals surface area contributed by atoms with Gasteiger partial charge in [0.15, 0.2) is 0 Å². The van der Waals surface area contributed by atoms with Crippen molar-refractivity contribution in [2.45, 2.75) is 60.4 Å². The lowest BCUT2D eigenvalue weighted by Crippen LogP contribution is -2.42. The number of methoxy groups -OCH3 is 1. The number of nitrogens with zero attached hydrogens (tertiary/aromatic N) is 2. The van der Waals surface area contributed by atoms with E-state index in [-0.39, 0.29) is 17.9 Å². The maximum atomic E-state index is 12.2. The number of rotatable bonds is 5. The van der Waals surface area contributed by atoms with Crippen molar-refractivity contribution in [2.75, 3.05) is 13.7 Å². The molecule has 0 spiro atoms. The van der Waals surface area contributed by atoms with E-state index in [0.29, 0.717) is 11.8 Å². The fourth-order valence-corrected chi connectivity index (χ4v) is 2.14. The molecule has 0 aromatic heterocycles. The summed E-state index contributed by atoms with van der Waals surface area (Å²) in [4.78, 5) is 18.5. The van der Waals surface area contributed by atoms with E-state index in [1.807, 2.05) is 44.9 Å². The van der Waals surface area contributed by atoms with Crippen molar-refractivity contribution in [3.05, 3.63) is 12.0 Å². The van der Waals surface area contributed by atoms with Gasteiger partial charge in [-0.2, -0.15) is 0 Å². The number of hydrogen-bond donors (Lipinski definition) is 0. The van der Waals surface area contributed by atoms with Gasteiger partial charge in [-0.1, -0.05) is 27.7 Å². The summed E-state index contributed by atoms with van der Waals surface area (Å²) in [5, 5.41) is 0. The molecule has 4 heteroatoms. The van der Waals surface area contributed by atoms with Crippen molar-refractivity contribution in [3.63, 3.8) is 0 Å². The Kier molecular flexibility index (Phi) is 9.76. The van der Waals surface area contributed by atoms with Crippen LogP contribution in [0.1, 0.15) is 54.4 Å². The highest BCUT2D eigenvalue weighted by atomic mass is 16.5. The number of carbonyl (C=O) groups excluding carboxylic acids is 1. The first kappa shape index (κ1) is 19.7. The van der Waals surface area contributed by atoms with Gasteiger partial charge >= 0.3 is 0 Å². The normalized spacial score (nSPS) is 17.8. The second kappa shape index (κ2) is 10.4. The molecule has 4 nitrogen and oxygen atoms in total. The Balaban J connectivity index is 0.00000191. The summed E-state index contributed by atoms with van der Waals surface area (Å²) in [7, 11) is 1.63. The van der Waals surface area contributed by atoms with Crippen LogP contribution in [0.2, 0.25) is 0 Å². The van der Waals surface area contributed by atoms with Gasteiger partial charge in [0, 0.05) is 30.6 Å². The van der Waals surface area contributed by atoms with Crippen molar-refractivity contribution in [1.29, 1.82) is 0 Å². The molecular weight excluding hydrogens is 264 g/mol. The van der Waals surface area contributed by atoms with Crippen LogP contribution < -0.4 is 0 Å². The first-order valence-corrected chi connectivity index (χ1v) is 8.04. The lowest BCUT2D eigenvalue weighted by Gasteiger charge is -2.31. The molecular formula is C17H32N2O2. The maximum Gasteiger partial charge on any atom is 0.225 e. The molecule has 1 unspecified atom stereocenters. The van der Waals surface area contributed by atoms with E-state index in [1.54, 1.807) is 7.11 Å². The van der Waals surface area contributed by atoms with Gasteiger partial charge in [-0.3, -0.25) is 4.79 Å². The Hall–Kier alpha value is -1.32. The van der Waals surface area contributed by atoms with Gasteiger partial charge in [-0.25, -0.2) is 4.99 Å². The molecule has 122 valence electrons. The minimum atomic E-state index is 0.0396. The number of aliphatic imine (C=N–C) groups is 1. The quantitative estimate of drug-likeness (QED) is 0.772. The highest BCUT2D eigenvalue weighted by Gasteiger charge is 2.23. The molecule has 0 N–H and O–H groups in total. The zero-order valence-electron chi connectivity index (χ0n) is 14.7. The monoisotopic (exact) mass is 296 g/mol. The number of carbonyl (C=O) groups is 1. The van der Waals surface area contributed by atoms with Crippen LogP contribution in [0.4, 0.5) is 0 Å². The minimum Gasteiger partial charge on any atom is -0.481 e. The molecule has 0 saturated carbocycles. The van der Waals surface area contributed by atoms with Crippen LogP contribution in [-0.2, 0) is 9.53 Å². The number of amides is 1. The summed E-state index contributed by atoms with van der Waals surface area (Å²) in [5.74, 6) is 1.23. The highest BCUT2D eigenvalue weighted by molar-refractivity contribution is 5.79. The summed E-state index contributed by atoms with van der Waals surface area (Å²) < 4.78 is 5.14. The molecule has 0 bridgehead atoms. The van der Waals surface area contributed by atoms with Gasteiger partial charge in [0.25, 0.3) is 0 Å². The average Bonchev–Trinajstić information content (AvgIpc) is 2.70. The lowest BCUT2D eigenvalue weighted by molar-refractivity contribution is -0.136.